The monoisotopic (exact) mass is 374 g/mol. The standard InChI is InChI=1S/C14H20N3O3.H2O4S/c1-3-19-13-10-12(17-5-7-18-8-6-17)14(20-4-2)9-11(13)16-15;1-5(2,3)4/h9-10H,3-8H2,1-2H3;(H2,1,2,3,4)/q+1;/p-2. The van der Waals surface area contributed by atoms with Crippen molar-refractivity contribution in [2.75, 3.05) is 44.4 Å². The van der Waals surface area contributed by atoms with Gasteiger partial charge in [0.2, 0.25) is 11.1 Å². The number of morpholine rings is 1. The van der Waals surface area contributed by atoms with Crippen LogP contribution < -0.4 is 14.4 Å². The molecule has 11 heteroatoms. The van der Waals surface area contributed by atoms with Gasteiger partial charge in [-0.15, -0.1) is 0 Å². The van der Waals surface area contributed by atoms with E-state index in [1.54, 1.807) is 6.07 Å². The number of diazo groups is 1. The van der Waals surface area contributed by atoms with Crippen molar-refractivity contribution in [3.8, 4) is 11.5 Å². The molecule has 1 aromatic rings. The van der Waals surface area contributed by atoms with Crippen LogP contribution in [0.25, 0.3) is 4.98 Å². The van der Waals surface area contributed by atoms with Gasteiger partial charge in [-0.2, -0.15) is 0 Å². The Morgan fingerprint density at radius 3 is 2.16 bits per heavy atom. The lowest BCUT2D eigenvalue weighted by Crippen LogP contribution is -2.36. The molecule has 0 aliphatic carbocycles. The number of hydrogen-bond acceptors (Lipinski definition) is 9. The number of rotatable bonds is 5. The van der Waals surface area contributed by atoms with Crippen molar-refractivity contribution in [1.29, 1.82) is 5.39 Å². The van der Waals surface area contributed by atoms with Gasteiger partial charge in [-0.25, -0.2) is 0 Å². The van der Waals surface area contributed by atoms with Gasteiger partial charge >= 0.3 is 5.69 Å². The third-order valence-corrected chi connectivity index (χ3v) is 3.10. The predicted octanol–water partition coefficient (Wildman–Crippen LogP) is 1.47. The summed E-state index contributed by atoms with van der Waals surface area (Å²) in [6.07, 6.45) is 0. The molecule has 0 bridgehead atoms. The van der Waals surface area contributed by atoms with Crippen molar-refractivity contribution in [2.24, 2.45) is 0 Å². The summed E-state index contributed by atoms with van der Waals surface area (Å²) < 4.78 is 50.6. The quantitative estimate of drug-likeness (QED) is 0.425. The molecule has 1 aliphatic heterocycles. The Morgan fingerprint density at radius 2 is 1.68 bits per heavy atom. The van der Waals surface area contributed by atoms with Gasteiger partial charge in [0.15, 0.2) is 10.7 Å². The van der Waals surface area contributed by atoms with Gasteiger partial charge in [0, 0.05) is 29.6 Å². The molecule has 1 fully saturated rings. The van der Waals surface area contributed by atoms with Crippen LogP contribution in [0, 0.1) is 5.39 Å². The lowest BCUT2D eigenvalue weighted by molar-refractivity contribution is 0.122. The van der Waals surface area contributed by atoms with Crippen LogP contribution in [0.15, 0.2) is 12.1 Å². The van der Waals surface area contributed by atoms with E-state index < -0.39 is 10.4 Å². The van der Waals surface area contributed by atoms with Crippen LogP contribution in [0.3, 0.4) is 0 Å². The zero-order chi connectivity index (χ0) is 18.9. The molecule has 0 spiro atoms. The summed E-state index contributed by atoms with van der Waals surface area (Å²) in [5.74, 6) is 1.26. The Balaban J connectivity index is 0.000000550. The molecule has 25 heavy (non-hydrogen) atoms. The third kappa shape index (κ3) is 7.53. The summed E-state index contributed by atoms with van der Waals surface area (Å²) in [5, 5.41) is 9.09. The van der Waals surface area contributed by atoms with Crippen LogP contribution in [0.4, 0.5) is 11.4 Å². The van der Waals surface area contributed by atoms with E-state index in [0.717, 1.165) is 18.8 Å². The van der Waals surface area contributed by atoms with Gasteiger partial charge in [0.25, 0.3) is 0 Å². The summed E-state index contributed by atoms with van der Waals surface area (Å²) in [7, 11) is -5.17. The molecule has 0 unspecified atom stereocenters. The first kappa shape index (κ1) is 20.9. The van der Waals surface area contributed by atoms with Gasteiger partial charge in [0.05, 0.1) is 38.2 Å². The topological polar surface area (TPSA) is 139 Å². The van der Waals surface area contributed by atoms with Crippen LogP contribution in [-0.2, 0) is 15.1 Å². The average molecular weight is 374 g/mol. The zero-order valence-electron chi connectivity index (χ0n) is 14.0. The lowest BCUT2D eigenvalue weighted by atomic mass is 10.2. The number of benzene rings is 1. The van der Waals surface area contributed by atoms with Crippen LogP contribution in [0.2, 0.25) is 0 Å². The van der Waals surface area contributed by atoms with Crippen molar-refractivity contribution >= 4 is 21.8 Å². The van der Waals surface area contributed by atoms with E-state index >= 15 is 0 Å². The maximum absolute atomic E-state index is 9.09. The highest BCUT2D eigenvalue weighted by atomic mass is 32.3. The molecule has 10 nitrogen and oxygen atoms in total. The van der Waals surface area contributed by atoms with E-state index in [4.69, 9.17) is 37.1 Å². The van der Waals surface area contributed by atoms with Crippen LogP contribution in [0.5, 0.6) is 11.5 Å². The number of ether oxygens (including phenoxy) is 3. The van der Waals surface area contributed by atoms with E-state index in [1.165, 1.54) is 0 Å². The number of hydrogen-bond donors (Lipinski definition) is 0. The smallest absolute Gasteiger partial charge is 0.430 e. The van der Waals surface area contributed by atoms with Crippen molar-refractivity contribution in [3.63, 3.8) is 0 Å². The highest BCUT2D eigenvalue weighted by Crippen LogP contribution is 2.40. The normalized spacial score (nSPS) is 14.1. The highest BCUT2D eigenvalue weighted by Gasteiger charge is 2.24. The molecule has 0 atom stereocenters. The van der Waals surface area contributed by atoms with Gasteiger partial charge in [-0.05, 0) is 13.8 Å². The summed E-state index contributed by atoms with van der Waals surface area (Å²) in [4.78, 5) is 5.46. The largest absolute Gasteiger partial charge is 0.759 e. The van der Waals surface area contributed by atoms with Crippen molar-refractivity contribution in [2.45, 2.75) is 13.8 Å². The molecular weight excluding hydrogens is 354 g/mol. The fraction of sp³-hybridized carbons (Fsp3) is 0.571. The minimum atomic E-state index is -5.17. The maximum Gasteiger partial charge on any atom is 0.430 e. The molecule has 0 N–H and O–H groups in total. The van der Waals surface area contributed by atoms with E-state index in [2.05, 4.69) is 9.88 Å². The molecular formula is C14H20N3O7S-. The summed E-state index contributed by atoms with van der Waals surface area (Å²) in [5.41, 5.74) is 1.33. The fourth-order valence-electron chi connectivity index (χ4n) is 2.21. The van der Waals surface area contributed by atoms with Crippen LogP contribution in [0.1, 0.15) is 13.8 Å². The third-order valence-electron chi connectivity index (χ3n) is 3.10. The Kier molecular flexibility index (Phi) is 8.36. The van der Waals surface area contributed by atoms with Crippen LogP contribution >= 0.6 is 0 Å². The second-order valence-electron chi connectivity index (χ2n) is 4.76. The number of nitrogens with zero attached hydrogens (tertiary/aromatic N) is 3. The average Bonchev–Trinajstić information content (AvgIpc) is 2.55. The molecule has 1 aromatic carbocycles. The maximum atomic E-state index is 9.09. The SMILES string of the molecule is CCOc1cc(N2CCOCC2)c(OCC)cc1[N+]#N.O=S(=O)([O-])[O-]. The van der Waals surface area contributed by atoms with Crippen molar-refractivity contribution in [1.82, 2.24) is 0 Å². The lowest BCUT2D eigenvalue weighted by Gasteiger charge is -2.30. The summed E-state index contributed by atoms with van der Waals surface area (Å²) in [6, 6.07) is 3.58. The molecule has 0 amide bonds. The van der Waals surface area contributed by atoms with Gasteiger partial charge in [-0.3, -0.25) is 8.42 Å². The fourth-order valence-corrected chi connectivity index (χ4v) is 2.21. The second-order valence-corrected chi connectivity index (χ2v) is 5.58. The first-order valence-corrected chi connectivity index (χ1v) is 8.91. The summed E-state index contributed by atoms with van der Waals surface area (Å²) in [6.45, 7) is 7.89. The van der Waals surface area contributed by atoms with E-state index in [0.29, 0.717) is 43.6 Å². The van der Waals surface area contributed by atoms with Gasteiger partial charge < -0.3 is 28.2 Å². The molecule has 0 saturated carbocycles. The molecule has 1 heterocycles. The Morgan fingerprint density at radius 1 is 1.16 bits per heavy atom. The predicted molar refractivity (Wildman–Crippen MR) is 87.0 cm³/mol. The van der Waals surface area contributed by atoms with E-state index in [1.807, 2.05) is 19.9 Å². The van der Waals surface area contributed by atoms with Gasteiger partial charge in [0.1, 0.15) is 0 Å². The second kappa shape index (κ2) is 10.00. The number of anilines is 1. The van der Waals surface area contributed by atoms with Crippen LogP contribution in [-0.4, -0.2) is 57.0 Å². The van der Waals surface area contributed by atoms with E-state index in [9.17, 15) is 0 Å². The minimum absolute atomic E-state index is 0.382. The zero-order valence-corrected chi connectivity index (χ0v) is 14.8. The molecule has 1 aliphatic rings. The molecule has 0 aromatic heterocycles. The highest BCUT2D eigenvalue weighted by molar-refractivity contribution is 7.79. The molecule has 2 rings (SSSR count). The Labute approximate surface area is 146 Å². The molecule has 140 valence electrons. The molecule has 0 radical (unpaired) electrons. The summed E-state index contributed by atoms with van der Waals surface area (Å²) >= 11 is 0. The Hall–Kier alpha value is -2.13. The minimum Gasteiger partial charge on any atom is -0.759 e. The van der Waals surface area contributed by atoms with E-state index in [-0.39, 0.29) is 0 Å². The molecule has 1 saturated heterocycles. The van der Waals surface area contributed by atoms with Crippen molar-refractivity contribution in [3.05, 3.63) is 17.1 Å². The Bertz CT molecular complexity index is 689. The van der Waals surface area contributed by atoms with Gasteiger partial charge in [-0.1, -0.05) is 0 Å². The first-order chi connectivity index (χ1) is 11.8. The first-order valence-electron chi connectivity index (χ1n) is 7.58. The van der Waals surface area contributed by atoms with Crippen molar-refractivity contribution < 1.29 is 31.7 Å².